The lowest BCUT2D eigenvalue weighted by atomic mass is 10.4. The minimum absolute atomic E-state index is 1.01. The van der Waals surface area contributed by atoms with Crippen molar-refractivity contribution in [3.05, 3.63) is 35.7 Å². The van der Waals surface area contributed by atoms with Crippen molar-refractivity contribution in [3.8, 4) is 0 Å². The molecule has 1 aromatic heterocycles. The van der Waals surface area contributed by atoms with Crippen molar-refractivity contribution < 1.29 is 0 Å². The topological polar surface area (TPSA) is 12.9 Å². The van der Waals surface area contributed by atoms with E-state index in [1.54, 1.807) is 23.6 Å². The maximum Gasteiger partial charge on any atom is 0.100 e. The van der Waals surface area contributed by atoms with E-state index in [0.29, 0.717) is 0 Å². The van der Waals surface area contributed by atoms with Gasteiger partial charge >= 0.3 is 0 Å². The van der Waals surface area contributed by atoms with Gasteiger partial charge in [0.1, 0.15) is 5.01 Å². The number of nitrogens with zero attached hydrogens (tertiary/aromatic N) is 1. The molecule has 0 spiro atoms. The monoisotopic (exact) mass is 124 g/mol. The van der Waals surface area contributed by atoms with Crippen molar-refractivity contribution in [1.82, 2.24) is 4.98 Å². The molecule has 0 aromatic carbocycles. The Labute approximate surface area is 52.7 Å². The van der Waals surface area contributed by atoms with Crippen LogP contribution in [0.1, 0.15) is 5.01 Å². The van der Waals surface area contributed by atoms with E-state index in [4.69, 9.17) is 0 Å². The maximum atomic E-state index is 4.00. The highest BCUT2D eigenvalue weighted by molar-refractivity contribution is 7.09. The van der Waals surface area contributed by atoms with Gasteiger partial charge in [0.2, 0.25) is 0 Å². The predicted octanol–water partition coefficient (Wildman–Crippen LogP) is 1.88. The molecule has 0 aliphatic carbocycles. The van der Waals surface area contributed by atoms with Crippen LogP contribution in [0.25, 0.3) is 0 Å². The summed E-state index contributed by atoms with van der Waals surface area (Å²) in [6.45, 7) is 3.55. The average Bonchev–Trinajstić information content (AvgIpc) is 2.19. The van der Waals surface area contributed by atoms with Crippen molar-refractivity contribution in [2.24, 2.45) is 0 Å². The molecule has 1 rings (SSSR count). The van der Waals surface area contributed by atoms with Crippen molar-refractivity contribution in [1.29, 1.82) is 0 Å². The Morgan fingerprint density at radius 1 is 1.75 bits per heavy atom. The molecule has 0 saturated carbocycles. The first kappa shape index (κ1) is 5.51. The van der Waals surface area contributed by atoms with Gasteiger partial charge in [-0.05, 0) is 0 Å². The minimum atomic E-state index is 1.01. The maximum absolute atomic E-state index is 4.00. The number of thiazole rings is 1. The molecule has 0 N–H and O–H groups in total. The Hall–Kier alpha value is -0.630. The first-order valence-corrected chi connectivity index (χ1v) is 3.16. The predicted molar refractivity (Wildman–Crippen MR) is 35.7 cm³/mol. The molecule has 0 saturated heterocycles. The number of hydrogen-bond donors (Lipinski definition) is 0. The third kappa shape index (κ3) is 1.17. The zero-order valence-electron chi connectivity index (χ0n) is 4.37. The van der Waals surface area contributed by atoms with Crippen LogP contribution in [0.4, 0.5) is 0 Å². The van der Waals surface area contributed by atoms with Crippen molar-refractivity contribution in [2.45, 2.75) is 0 Å². The zero-order valence-corrected chi connectivity index (χ0v) is 5.19. The second-order valence-electron chi connectivity index (χ2n) is 1.27. The molecular formula is C6H6NS. The highest BCUT2D eigenvalue weighted by Crippen LogP contribution is 2.05. The van der Waals surface area contributed by atoms with Crippen LogP contribution in [0.2, 0.25) is 0 Å². The molecule has 0 bridgehead atoms. The van der Waals surface area contributed by atoms with Crippen molar-refractivity contribution >= 4 is 11.3 Å². The molecule has 0 amide bonds. The van der Waals surface area contributed by atoms with Gasteiger partial charge in [-0.25, -0.2) is 4.98 Å². The largest absolute Gasteiger partial charge is 0.249 e. The van der Waals surface area contributed by atoms with E-state index in [1.807, 2.05) is 11.8 Å². The van der Waals surface area contributed by atoms with Gasteiger partial charge in [0.05, 0.1) is 0 Å². The van der Waals surface area contributed by atoms with E-state index < -0.39 is 0 Å². The average molecular weight is 124 g/mol. The molecule has 1 aromatic rings. The summed E-state index contributed by atoms with van der Waals surface area (Å²) in [7, 11) is 0. The lowest BCUT2D eigenvalue weighted by Crippen LogP contribution is -1.69. The molecule has 0 aliphatic heterocycles. The normalized spacial score (nSPS) is 9.00. The summed E-state index contributed by atoms with van der Waals surface area (Å²) in [4.78, 5) is 4.00. The quantitative estimate of drug-likeness (QED) is 0.586. The Bertz CT molecular complexity index is 155. The molecule has 0 unspecified atom stereocenters. The van der Waals surface area contributed by atoms with E-state index >= 15 is 0 Å². The van der Waals surface area contributed by atoms with Crippen LogP contribution in [-0.4, -0.2) is 4.98 Å². The summed E-state index contributed by atoms with van der Waals surface area (Å²) >= 11 is 1.61. The van der Waals surface area contributed by atoms with Crippen LogP contribution in [-0.2, 0) is 0 Å². The fraction of sp³-hybridized carbons (Fsp3) is 0. The van der Waals surface area contributed by atoms with E-state index in [0.717, 1.165) is 5.01 Å². The third-order valence-corrected chi connectivity index (χ3v) is 1.45. The standard InChI is InChI=1S/C6H6NS/c1-2-3-6-7-4-5-8-6/h2-5H,1H2. The Kier molecular flexibility index (Phi) is 1.80. The van der Waals surface area contributed by atoms with Crippen LogP contribution in [0.3, 0.4) is 0 Å². The second kappa shape index (κ2) is 2.62. The Balaban J connectivity index is 2.62. The van der Waals surface area contributed by atoms with Gasteiger partial charge in [0.25, 0.3) is 0 Å². The van der Waals surface area contributed by atoms with Gasteiger partial charge in [0.15, 0.2) is 0 Å². The molecule has 2 heteroatoms. The van der Waals surface area contributed by atoms with Crippen LogP contribution < -0.4 is 0 Å². The molecule has 41 valence electrons. The van der Waals surface area contributed by atoms with E-state index in [-0.39, 0.29) is 0 Å². The lowest BCUT2D eigenvalue weighted by molar-refractivity contribution is 1.33. The van der Waals surface area contributed by atoms with Crippen LogP contribution in [0.5, 0.6) is 0 Å². The van der Waals surface area contributed by atoms with Gasteiger partial charge in [-0.2, -0.15) is 0 Å². The zero-order chi connectivity index (χ0) is 5.82. The highest BCUT2D eigenvalue weighted by Gasteiger charge is 1.87. The number of hydrogen-bond acceptors (Lipinski definition) is 2. The third-order valence-electron chi connectivity index (χ3n) is 0.712. The summed E-state index contributed by atoms with van der Waals surface area (Å²) in [5.41, 5.74) is 0. The van der Waals surface area contributed by atoms with Crippen molar-refractivity contribution in [3.63, 3.8) is 0 Å². The summed E-state index contributed by atoms with van der Waals surface area (Å²) in [5.74, 6) is 0. The van der Waals surface area contributed by atoms with Gasteiger partial charge in [-0.3, -0.25) is 0 Å². The summed E-state index contributed by atoms with van der Waals surface area (Å²) < 4.78 is 0. The van der Waals surface area contributed by atoms with Gasteiger partial charge in [-0.1, -0.05) is 6.08 Å². The molecule has 8 heavy (non-hydrogen) atoms. The highest BCUT2D eigenvalue weighted by atomic mass is 32.1. The van der Waals surface area contributed by atoms with E-state index in [9.17, 15) is 0 Å². The summed E-state index contributed by atoms with van der Waals surface area (Å²) in [6.07, 6.45) is 5.39. The first-order valence-electron chi connectivity index (χ1n) is 2.29. The fourth-order valence-electron chi connectivity index (χ4n) is 0.418. The summed E-state index contributed by atoms with van der Waals surface area (Å²) in [5, 5.41) is 2.95. The Morgan fingerprint density at radius 2 is 2.62 bits per heavy atom. The molecule has 1 radical (unpaired) electrons. The number of rotatable bonds is 2. The van der Waals surface area contributed by atoms with Crippen LogP contribution in [0, 0.1) is 6.42 Å². The van der Waals surface area contributed by atoms with E-state index in [2.05, 4.69) is 11.6 Å². The molecule has 1 nitrogen and oxygen atoms in total. The van der Waals surface area contributed by atoms with Gasteiger partial charge in [-0.15, -0.1) is 17.9 Å². The van der Waals surface area contributed by atoms with Crippen LogP contribution >= 0.6 is 11.3 Å². The lowest BCUT2D eigenvalue weighted by Gasteiger charge is -1.79. The number of allylic oxidation sites excluding steroid dienone is 1. The first-order chi connectivity index (χ1) is 3.93. The summed E-state index contributed by atoms with van der Waals surface area (Å²) in [6, 6.07) is 0. The molecule has 0 aliphatic rings. The SMILES string of the molecule is C=C[CH]c1nccs1. The number of aromatic nitrogens is 1. The smallest absolute Gasteiger partial charge is 0.100 e. The van der Waals surface area contributed by atoms with Gasteiger partial charge in [0, 0.05) is 18.0 Å². The minimum Gasteiger partial charge on any atom is -0.249 e. The Morgan fingerprint density at radius 3 is 3.12 bits per heavy atom. The second-order valence-corrected chi connectivity index (χ2v) is 2.20. The van der Waals surface area contributed by atoms with Gasteiger partial charge < -0.3 is 0 Å². The molecule has 1 heterocycles. The molecular weight excluding hydrogens is 118 g/mol. The van der Waals surface area contributed by atoms with Crippen molar-refractivity contribution in [2.75, 3.05) is 0 Å². The van der Waals surface area contributed by atoms with E-state index in [1.165, 1.54) is 0 Å². The van der Waals surface area contributed by atoms with Crippen LogP contribution in [0.15, 0.2) is 24.2 Å². The molecule has 0 atom stereocenters. The fourth-order valence-corrected chi connectivity index (χ4v) is 0.975. The molecule has 0 fully saturated rings.